The molecule has 86 valence electrons. The van der Waals surface area contributed by atoms with Gasteiger partial charge in [0.2, 0.25) is 0 Å². The maximum absolute atomic E-state index is 11.7. The Labute approximate surface area is 95.7 Å². The lowest BCUT2D eigenvalue weighted by Crippen LogP contribution is -2.00. The third kappa shape index (κ3) is 3.64. The Morgan fingerprint density at radius 2 is 1.81 bits per heavy atom. The first-order valence-corrected chi connectivity index (χ1v) is 6.40. The molecule has 1 rings (SSSR count). The van der Waals surface area contributed by atoms with Crippen molar-refractivity contribution in [1.29, 1.82) is 0 Å². The maximum atomic E-state index is 11.7. The molecule has 1 unspecified atom stereocenters. The monoisotopic (exact) mass is 238 g/mol. The van der Waals surface area contributed by atoms with Crippen molar-refractivity contribution >= 4 is 9.84 Å². The number of hydrogen-bond donors (Lipinski definition) is 1. The minimum absolute atomic E-state index is 0.221. The molecule has 0 saturated carbocycles. The largest absolute Gasteiger partial charge is 0.385 e. The molecule has 0 spiro atoms. The highest BCUT2D eigenvalue weighted by atomic mass is 32.2. The summed E-state index contributed by atoms with van der Waals surface area (Å²) in [7, 11) is -3.45. The predicted molar refractivity (Wildman–Crippen MR) is 63.6 cm³/mol. The van der Waals surface area contributed by atoms with E-state index < -0.39 is 15.9 Å². The fourth-order valence-electron chi connectivity index (χ4n) is 1.13. The number of aliphatic hydroxyl groups is 1. The molecule has 1 atom stereocenters. The average Bonchev–Trinajstić information content (AvgIpc) is 2.28. The summed E-state index contributed by atoms with van der Waals surface area (Å²) in [6, 6.07) is 8.09. The molecular formula is C12H14O3S. The van der Waals surface area contributed by atoms with Crippen LogP contribution in [-0.2, 0) is 9.84 Å². The fourth-order valence-corrected chi connectivity index (χ4v) is 2.20. The quantitative estimate of drug-likeness (QED) is 0.815. The molecular weight excluding hydrogens is 224 g/mol. The van der Waals surface area contributed by atoms with Gasteiger partial charge < -0.3 is 5.11 Å². The smallest absolute Gasteiger partial charge is 0.199 e. The molecule has 0 fully saturated rings. The lowest BCUT2D eigenvalue weighted by atomic mass is 10.3. The van der Waals surface area contributed by atoms with Crippen LogP contribution in [0.3, 0.4) is 0 Å². The topological polar surface area (TPSA) is 54.4 Å². The zero-order valence-corrected chi connectivity index (χ0v) is 9.76. The van der Waals surface area contributed by atoms with Crippen LogP contribution < -0.4 is 0 Å². The normalized spacial score (nSPS) is 14.6. The highest BCUT2D eigenvalue weighted by Crippen LogP contribution is 2.11. The van der Waals surface area contributed by atoms with Crippen LogP contribution in [0.5, 0.6) is 0 Å². The van der Waals surface area contributed by atoms with Gasteiger partial charge in [-0.1, -0.05) is 30.4 Å². The molecule has 1 N–H and O–H groups in total. The molecule has 0 amide bonds. The second-order valence-corrected chi connectivity index (χ2v) is 5.04. The van der Waals surface area contributed by atoms with Gasteiger partial charge >= 0.3 is 0 Å². The van der Waals surface area contributed by atoms with E-state index in [0.29, 0.717) is 0 Å². The second-order valence-electron chi connectivity index (χ2n) is 3.20. The van der Waals surface area contributed by atoms with Crippen molar-refractivity contribution in [2.45, 2.75) is 17.9 Å². The zero-order chi connectivity index (χ0) is 12.0. The van der Waals surface area contributed by atoms with E-state index >= 15 is 0 Å². The van der Waals surface area contributed by atoms with E-state index in [0.717, 1.165) is 5.41 Å². The van der Waals surface area contributed by atoms with Crippen LogP contribution >= 0.6 is 0 Å². The summed E-state index contributed by atoms with van der Waals surface area (Å²) in [5.74, 6) is 0. The summed E-state index contributed by atoms with van der Waals surface area (Å²) in [4.78, 5) is 0.221. The van der Waals surface area contributed by atoms with Gasteiger partial charge in [-0.15, -0.1) is 0 Å². The van der Waals surface area contributed by atoms with Gasteiger partial charge in [0.05, 0.1) is 11.0 Å². The molecule has 0 aromatic heterocycles. The Morgan fingerprint density at radius 3 is 2.38 bits per heavy atom. The Morgan fingerprint density at radius 1 is 1.19 bits per heavy atom. The van der Waals surface area contributed by atoms with Gasteiger partial charge in [0.25, 0.3) is 0 Å². The van der Waals surface area contributed by atoms with E-state index in [2.05, 4.69) is 0 Å². The van der Waals surface area contributed by atoms with Crippen molar-refractivity contribution < 1.29 is 13.5 Å². The van der Waals surface area contributed by atoms with Crippen LogP contribution in [-0.4, -0.2) is 19.6 Å². The number of rotatable bonds is 4. The van der Waals surface area contributed by atoms with Crippen LogP contribution in [0.4, 0.5) is 0 Å². The summed E-state index contributed by atoms with van der Waals surface area (Å²) in [5, 5.41) is 10.3. The number of benzene rings is 1. The summed E-state index contributed by atoms with van der Waals surface area (Å²) in [6.07, 6.45) is 3.52. The van der Waals surface area contributed by atoms with E-state index in [9.17, 15) is 13.5 Å². The van der Waals surface area contributed by atoms with Gasteiger partial charge in [0, 0.05) is 5.41 Å². The predicted octanol–water partition coefficient (Wildman–Crippen LogP) is 1.91. The Hall–Kier alpha value is -1.39. The van der Waals surface area contributed by atoms with Gasteiger partial charge in [0.1, 0.15) is 0 Å². The third-order valence-corrected chi connectivity index (χ3v) is 3.36. The molecule has 0 aliphatic heterocycles. The molecule has 0 radical (unpaired) electrons. The molecule has 16 heavy (non-hydrogen) atoms. The summed E-state index contributed by atoms with van der Waals surface area (Å²) in [6.45, 7) is 1.75. The third-order valence-electron chi connectivity index (χ3n) is 1.92. The Bertz CT molecular complexity index is 472. The first-order chi connectivity index (χ1) is 7.56. The highest BCUT2D eigenvalue weighted by molar-refractivity contribution is 7.94. The van der Waals surface area contributed by atoms with E-state index in [1.165, 1.54) is 24.3 Å². The first-order valence-electron chi connectivity index (χ1n) is 4.85. The number of aliphatic hydroxyl groups excluding tert-OH is 1. The van der Waals surface area contributed by atoms with Gasteiger partial charge in [-0.25, -0.2) is 8.42 Å². The van der Waals surface area contributed by atoms with Crippen LogP contribution in [0.1, 0.15) is 6.92 Å². The van der Waals surface area contributed by atoms with E-state index in [1.807, 2.05) is 0 Å². The summed E-state index contributed by atoms with van der Waals surface area (Å²) < 4.78 is 23.4. The minimum atomic E-state index is -3.45. The summed E-state index contributed by atoms with van der Waals surface area (Å²) in [5.41, 5.74) is 0. The first kappa shape index (κ1) is 12.7. The molecule has 0 aliphatic carbocycles. The standard InChI is InChI=1S/C12H14O3S/c1-2-6-11(13)9-10-16(14,15)12-7-4-3-5-8-12/h2-11,13H,1H3/b6-2+,10-9+. The molecule has 3 nitrogen and oxygen atoms in total. The molecule has 0 aliphatic rings. The van der Waals surface area contributed by atoms with Gasteiger partial charge in [-0.3, -0.25) is 0 Å². The van der Waals surface area contributed by atoms with Crippen molar-refractivity contribution in [1.82, 2.24) is 0 Å². The minimum Gasteiger partial charge on any atom is -0.385 e. The highest BCUT2D eigenvalue weighted by Gasteiger charge is 2.09. The lowest BCUT2D eigenvalue weighted by molar-refractivity contribution is 0.271. The molecule has 0 heterocycles. The zero-order valence-electron chi connectivity index (χ0n) is 8.95. The fraction of sp³-hybridized carbons (Fsp3) is 0.167. The van der Waals surface area contributed by atoms with Crippen molar-refractivity contribution in [3.05, 3.63) is 54.0 Å². The van der Waals surface area contributed by atoms with E-state index in [1.54, 1.807) is 31.2 Å². The van der Waals surface area contributed by atoms with Crippen LogP contribution in [0.2, 0.25) is 0 Å². The SMILES string of the molecule is C/C=C/C(O)/C=C/S(=O)(=O)c1ccccc1. The van der Waals surface area contributed by atoms with Crippen LogP contribution in [0.25, 0.3) is 0 Å². The average molecular weight is 238 g/mol. The second kappa shape index (κ2) is 5.63. The Balaban J connectivity index is 2.89. The number of hydrogen-bond acceptors (Lipinski definition) is 3. The van der Waals surface area contributed by atoms with Gasteiger partial charge in [0.15, 0.2) is 9.84 Å². The maximum Gasteiger partial charge on any atom is 0.199 e. The number of allylic oxidation sites excluding steroid dienone is 1. The van der Waals surface area contributed by atoms with Crippen molar-refractivity contribution in [2.75, 3.05) is 0 Å². The van der Waals surface area contributed by atoms with E-state index in [-0.39, 0.29) is 4.90 Å². The molecule has 0 saturated heterocycles. The summed E-state index contributed by atoms with van der Waals surface area (Å²) >= 11 is 0. The van der Waals surface area contributed by atoms with Crippen molar-refractivity contribution in [2.24, 2.45) is 0 Å². The molecule has 4 heteroatoms. The molecule has 1 aromatic rings. The van der Waals surface area contributed by atoms with E-state index in [4.69, 9.17) is 0 Å². The van der Waals surface area contributed by atoms with Gasteiger partial charge in [-0.2, -0.15) is 0 Å². The van der Waals surface area contributed by atoms with Crippen molar-refractivity contribution in [3.63, 3.8) is 0 Å². The van der Waals surface area contributed by atoms with Crippen LogP contribution in [0, 0.1) is 0 Å². The van der Waals surface area contributed by atoms with Crippen LogP contribution in [0.15, 0.2) is 58.9 Å². The molecule has 0 bridgehead atoms. The van der Waals surface area contributed by atoms with Crippen molar-refractivity contribution in [3.8, 4) is 0 Å². The van der Waals surface area contributed by atoms with Gasteiger partial charge in [-0.05, 0) is 25.1 Å². The Kier molecular flexibility index (Phi) is 4.46. The lowest BCUT2D eigenvalue weighted by Gasteiger charge is -1.99. The number of sulfone groups is 1. The molecule has 1 aromatic carbocycles.